The van der Waals surface area contributed by atoms with E-state index in [1.54, 1.807) is 11.1 Å². The molecule has 0 radical (unpaired) electrons. The number of benzene rings is 8. The summed E-state index contributed by atoms with van der Waals surface area (Å²) in [5, 5.41) is 0. The second kappa shape index (κ2) is 12.8. The maximum Gasteiger partial charge on any atom is 0.0543 e. The molecule has 1 heteroatoms. The van der Waals surface area contributed by atoms with Crippen molar-refractivity contribution in [2.45, 2.75) is 69.6 Å². The maximum absolute atomic E-state index is 2.61. The number of nitrogens with zero attached hydrogens (tertiary/aromatic N) is 1. The van der Waals surface area contributed by atoms with Crippen LogP contribution in [0.15, 0.2) is 176 Å². The molecule has 0 N–H and O–H groups in total. The molecule has 1 nitrogen and oxygen atoms in total. The Bertz CT molecular complexity index is 3160. The molecule has 0 aromatic heterocycles. The minimum Gasteiger partial charge on any atom is -0.309 e. The first-order valence-electron chi connectivity index (χ1n) is 23.0. The third kappa shape index (κ3) is 4.75. The lowest BCUT2D eigenvalue weighted by molar-refractivity contribution is 0.327. The summed E-state index contributed by atoms with van der Waals surface area (Å²) in [5.41, 5.74) is 25.6. The van der Waals surface area contributed by atoms with Gasteiger partial charge in [-0.1, -0.05) is 180 Å². The van der Waals surface area contributed by atoms with Gasteiger partial charge in [0, 0.05) is 33.1 Å². The van der Waals surface area contributed by atoms with Crippen molar-refractivity contribution in [1.29, 1.82) is 0 Å². The smallest absolute Gasteiger partial charge is 0.0543 e. The van der Waals surface area contributed by atoms with Gasteiger partial charge in [0.15, 0.2) is 0 Å². The van der Waals surface area contributed by atoms with E-state index in [4.69, 9.17) is 0 Å². The Balaban J connectivity index is 1.02. The van der Waals surface area contributed by atoms with Crippen molar-refractivity contribution in [3.8, 4) is 55.6 Å². The molecule has 300 valence electrons. The predicted octanol–water partition coefficient (Wildman–Crippen LogP) is 16.2. The largest absolute Gasteiger partial charge is 0.309 e. The van der Waals surface area contributed by atoms with E-state index >= 15 is 0 Å². The van der Waals surface area contributed by atoms with Gasteiger partial charge >= 0.3 is 0 Å². The van der Waals surface area contributed by atoms with Gasteiger partial charge in [-0.15, -0.1) is 0 Å². The van der Waals surface area contributed by atoms with Crippen LogP contribution in [0.2, 0.25) is 0 Å². The molecule has 1 spiro atoms. The second-order valence-corrected chi connectivity index (χ2v) is 20.0. The molecule has 62 heavy (non-hydrogen) atoms. The summed E-state index contributed by atoms with van der Waals surface area (Å²) >= 11 is 0. The number of rotatable bonds is 5. The second-order valence-electron chi connectivity index (χ2n) is 20.0. The summed E-state index contributed by atoms with van der Waals surface area (Å²) in [6.07, 6.45) is 5.34. The Morgan fingerprint density at radius 3 is 1.69 bits per heavy atom. The number of fused-ring (bicyclic) bond motifs is 14. The lowest BCUT2D eigenvalue weighted by atomic mass is 9.67. The fraction of sp³-hybridized carbons (Fsp3) is 0.213. The molecule has 8 aromatic rings. The van der Waals surface area contributed by atoms with E-state index < -0.39 is 0 Å². The minimum absolute atomic E-state index is 0.0457. The number of anilines is 3. The Kier molecular flexibility index (Phi) is 7.48. The van der Waals surface area contributed by atoms with Gasteiger partial charge in [-0.25, -0.2) is 0 Å². The molecule has 13 rings (SSSR count). The Labute approximate surface area is 366 Å². The van der Waals surface area contributed by atoms with Crippen LogP contribution in [0.25, 0.3) is 55.6 Å². The lowest BCUT2D eigenvalue weighted by Crippen LogP contribution is -2.31. The molecule has 5 aliphatic rings. The predicted molar refractivity (Wildman–Crippen MR) is 259 cm³/mol. The average molecular weight is 798 g/mol. The van der Waals surface area contributed by atoms with Gasteiger partial charge in [0.25, 0.3) is 0 Å². The molecule has 5 aliphatic carbocycles. The lowest BCUT2D eigenvalue weighted by Gasteiger charge is -2.37. The quantitative estimate of drug-likeness (QED) is 0.168. The van der Waals surface area contributed by atoms with Crippen LogP contribution in [0.5, 0.6) is 0 Å². The van der Waals surface area contributed by atoms with Gasteiger partial charge in [0.1, 0.15) is 0 Å². The molecule has 2 fully saturated rings. The standard InChI is InChI=1S/C61H51N/c1-59(2)50-21-10-6-17-47(50)57-46(19-13-23-52(57)59)45-16-8-12-25-55(45)62(56-26-14-24-53-58(56)48-18-7-11-22-51(48)61(53)37-38-27-31-41(61)35-38)42-32-28-39(29-33-42)40-30-34-44-43-15-5-9-20-49(43)60(3,4)54(44)36-40/h5-26,28-30,32-34,36,38,41H,27,31,35,37H2,1-4H3. The number of hydrogen-bond donors (Lipinski definition) is 0. The topological polar surface area (TPSA) is 3.24 Å². The molecular weight excluding hydrogens is 747 g/mol. The normalized spacial score (nSPS) is 21.0. The summed E-state index contributed by atoms with van der Waals surface area (Å²) in [6.45, 7) is 9.52. The van der Waals surface area contributed by atoms with Crippen molar-refractivity contribution in [3.63, 3.8) is 0 Å². The van der Waals surface area contributed by atoms with Crippen LogP contribution >= 0.6 is 0 Å². The Morgan fingerprint density at radius 1 is 0.403 bits per heavy atom. The van der Waals surface area contributed by atoms with E-state index in [1.807, 2.05) is 0 Å². The summed E-state index contributed by atoms with van der Waals surface area (Å²) < 4.78 is 0. The number of para-hydroxylation sites is 1. The molecule has 0 amide bonds. The number of hydrogen-bond acceptors (Lipinski definition) is 1. The van der Waals surface area contributed by atoms with E-state index in [0.717, 1.165) is 5.92 Å². The van der Waals surface area contributed by atoms with Crippen LogP contribution in [-0.4, -0.2) is 0 Å². The van der Waals surface area contributed by atoms with Crippen molar-refractivity contribution in [1.82, 2.24) is 0 Å². The molecule has 0 heterocycles. The van der Waals surface area contributed by atoms with Crippen LogP contribution in [-0.2, 0) is 16.2 Å². The van der Waals surface area contributed by atoms with E-state index in [9.17, 15) is 0 Å². The molecule has 3 unspecified atom stereocenters. The van der Waals surface area contributed by atoms with E-state index in [1.165, 1.54) is 121 Å². The highest BCUT2D eigenvalue weighted by Crippen LogP contribution is 2.67. The molecule has 0 aliphatic heterocycles. The first-order chi connectivity index (χ1) is 30.2. The highest BCUT2D eigenvalue weighted by molar-refractivity contribution is 6.01. The van der Waals surface area contributed by atoms with Crippen molar-refractivity contribution in [3.05, 3.63) is 209 Å². The van der Waals surface area contributed by atoms with Gasteiger partial charge < -0.3 is 4.90 Å². The summed E-state index contributed by atoms with van der Waals surface area (Å²) in [6, 6.07) is 67.5. The fourth-order valence-electron chi connectivity index (χ4n) is 13.6. The molecule has 3 atom stereocenters. The Hall–Kier alpha value is -6.44. The summed E-state index contributed by atoms with van der Waals surface area (Å²) in [7, 11) is 0. The molecule has 0 saturated heterocycles. The monoisotopic (exact) mass is 797 g/mol. The van der Waals surface area contributed by atoms with Crippen LogP contribution < -0.4 is 4.90 Å². The van der Waals surface area contributed by atoms with Crippen molar-refractivity contribution >= 4 is 17.1 Å². The average Bonchev–Trinajstić information content (AvgIpc) is 4.10. The first kappa shape index (κ1) is 36.2. The van der Waals surface area contributed by atoms with Gasteiger partial charge in [0.2, 0.25) is 0 Å². The van der Waals surface area contributed by atoms with Crippen molar-refractivity contribution in [2.24, 2.45) is 11.8 Å². The zero-order chi connectivity index (χ0) is 41.5. The van der Waals surface area contributed by atoms with E-state index in [0.29, 0.717) is 5.92 Å². The molecule has 2 bridgehead atoms. The summed E-state index contributed by atoms with van der Waals surface area (Å²) in [5.74, 6) is 1.52. The molecule has 2 saturated carbocycles. The van der Waals surface area contributed by atoms with Gasteiger partial charge in [-0.3, -0.25) is 0 Å². The zero-order valence-corrected chi connectivity index (χ0v) is 36.2. The van der Waals surface area contributed by atoms with Crippen LogP contribution in [0, 0.1) is 11.8 Å². The van der Waals surface area contributed by atoms with Crippen molar-refractivity contribution < 1.29 is 0 Å². The SMILES string of the molecule is CC1(C)c2ccccc2-c2ccc(-c3ccc(N(c4ccccc4-c4cccc5c4-c4ccccc4C5(C)C)c4cccc5c4-c4ccccc4C54CC5CCC4C5)cc3)cc21. The van der Waals surface area contributed by atoms with Crippen molar-refractivity contribution in [2.75, 3.05) is 4.90 Å². The van der Waals surface area contributed by atoms with Crippen LogP contribution in [0.1, 0.15) is 86.8 Å². The maximum atomic E-state index is 2.61. The van der Waals surface area contributed by atoms with Gasteiger partial charge in [-0.2, -0.15) is 0 Å². The van der Waals surface area contributed by atoms with Crippen LogP contribution in [0.3, 0.4) is 0 Å². The highest BCUT2D eigenvalue weighted by Gasteiger charge is 2.57. The third-order valence-electron chi connectivity index (χ3n) is 16.4. The first-order valence-corrected chi connectivity index (χ1v) is 23.0. The van der Waals surface area contributed by atoms with E-state index in [2.05, 4.69) is 209 Å². The fourth-order valence-corrected chi connectivity index (χ4v) is 13.6. The van der Waals surface area contributed by atoms with Gasteiger partial charge in [-0.05, 0) is 139 Å². The Morgan fingerprint density at radius 2 is 0.952 bits per heavy atom. The molecule has 8 aromatic carbocycles. The third-order valence-corrected chi connectivity index (χ3v) is 16.4. The highest BCUT2D eigenvalue weighted by atomic mass is 15.1. The zero-order valence-electron chi connectivity index (χ0n) is 36.2. The van der Waals surface area contributed by atoms with E-state index in [-0.39, 0.29) is 16.2 Å². The molecular formula is C61H51N. The van der Waals surface area contributed by atoms with Crippen LogP contribution in [0.4, 0.5) is 17.1 Å². The van der Waals surface area contributed by atoms with Gasteiger partial charge in [0.05, 0.1) is 11.4 Å². The summed E-state index contributed by atoms with van der Waals surface area (Å²) in [4.78, 5) is 2.61. The minimum atomic E-state index is -0.0824.